The Hall–Kier alpha value is -1.02. The van der Waals surface area contributed by atoms with Crippen LogP contribution in [-0.2, 0) is 0 Å². The van der Waals surface area contributed by atoms with Crippen LogP contribution in [0.3, 0.4) is 0 Å². The average molecular weight is 291 g/mol. The normalized spacial score (nSPS) is 18.4. The molecular formula is C17H23ClN2. The number of nitrogens with zero attached hydrogens (tertiary/aromatic N) is 2. The Morgan fingerprint density at radius 2 is 2.15 bits per heavy atom. The molecule has 2 unspecified atom stereocenters. The molecule has 1 heterocycles. The zero-order valence-electron chi connectivity index (χ0n) is 12.6. The van der Waals surface area contributed by atoms with Crippen molar-refractivity contribution in [3.8, 4) is 0 Å². The lowest BCUT2D eigenvalue weighted by molar-refractivity contribution is 0.425. The molecule has 0 aliphatic heterocycles. The highest BCUT2D eigenvalue weighted by molar-refractivity contribution is 6.20. The molecule has 1 aromatic heterocycles. The van der Waals surface area contributed by atoms with Crippen LogP contribution >= 0.6 is 11.6 Å². The number of fused-ring (bicyclic) bond motifs is 1. The van der Waals surface area contributed by atoms with Gasteiger partial charge in [0.1, 0.15) is 5.82 Å². The van der Waals surface area contributed by atoms with Gasteiger partial charge in [0, 0.05) is 6.04 Å². The van der Waals surface area contributed by atoms with E-state index in [0.29, 0.717) is 6.04 Å². The molecule has 1 aliphatic rings. The first-order valence-corrected chi connectivity index (χ1v) is 8.16. The number of aryl methyl sites for hydroxylation is 1. The second-order valence-electron chi connectivity index (χ2n) is 6.19. The van der Waals surface area contributed by atoms with Gasteiger partial charge in [0.05, 0.1) is 16.4 Å². The van der Waals surface area contributed by atoms with E-state index in [0.717, 1.165) is 23.7 Å². The number of benzene rings is 1. The van der Waals surface area contributed by atoms with Crippen LogP contribution in [0.2, 0.25) is 0 Å². The summed E-state index contributed by atoms with van der Waals surface area (Å²) < 4.78 is 2.41. The third kappa shape index (κ3) is 2.58. The molecule has 20 heavy (non-hydrogen) atoms. The molecule has 0 bridgehead atoms. The topological polar surface area (TPSA) is 17.8 Å². The predicted molar refractivity (Wildman–Crippen MR) is 85.4 cm³/mol. The summed E-state index contributed by atoms with van der Waals surface area (Å²) in [6, 6.07) is 7.08. The fourth-order valence-corrected chi connectivity index (χ4v) is 3.24. The van der Waals surface area contributed by atoms with E-state index in [1.165, 1.54) is 30.3 Å². The lowest BCUT2D eigenvalue weighted by Gasteiger charge is -2.21. The number of imidazole rings is 1. The van der Waals surface area contributed by atoms with Crippen LogP contribution in [0.4, 0.5) is 0 Å². The summed E-state index contributed by atoms with van der Waals surface area (Å²) in [7, 11) is 0. The van der Waals surface area contributed by atoms with Gasteiger partial charge in [-0.3, -0.25) is 0 Å². The second kappa shape index (κ2) is 5.40. The van der Waals surface area contributed by atoms with Crippen LogP contribution in [0.1, 0.15) is 62.3 Å². The minimum Gasteiger partial charge on any atom is -0.324 e. The van der Waals surface area contributed by atoms with E-state index in [4.69, 9.17) is 16.6 Å². The van der Waals surface area contributed by atoms with Crippen molar-refractivity contribution in [2.24, 2.45) is 5.92 Å². The monoisotopic (exact) mass is 290 g/mol. The highest BCUT2D eigenvalue weighted by Crippen LogP contribution is 2.40. The fraction of sp³-hybridized carbons (Fsp3) is 0.588. The van der Waals surface area contributed by atoms with E-state index >= 15 is 0 Å². The first kappa shape index (κ1) is 13.9. The smallest absolute Gasteiger partial charge is 0.127 e. The van der Waals surface area contributed by atoms with E-state index in [1.807, 2.05) is 6.92 Å². The molecule has 0 saturated heterocycles. The molecule has 2 aromatic rings. The summed E-state index contributed by atoms with van der Waals surface area (Å²) in [5.41, 5.74) is 3.58. The minimum absolute atomic E-state index is 0.0454. The van der Waals surface area contributed by atoms with Gasteiger partial charge in [0.25, 0.3) is 0 Å². The Morgan fingerprint density at radius 3 is 2.75 bits per heavy atom. The summed E-state index contributed by atoms with van der Waals surface area (Å²) in [5, 5.41) is -0.0454. The van der Waals surface area contributed by atoms with Crippen molar-refractivity contribution >= 4 is 22.6 Å². The van der Waals surface area contributed by atoms with Crippen molar-refractivity contribution in [2.75, 3.05) is 0 Å². The number of halogens is 1. The molecule has 108 valence electrons. The Bertz CT molecular complexity index is 611. The third-order valence-corrected chi connectivity index (χ3v) is 4.56. The zero-order chi connectivity index (χ0) is 14.3. The quantitative estimate of drug-likeness (QED) is 0.675. The number of aromatic nitrogens is 2. The third-order valence-electron chi connectivity index (χ3n) is 4.37. The summed E-state index contributed by atoms with van der Waals surface area (Å²) in [4.78, 5) is 4.80. The van der Waals surface area contributed by atoms with Gasteiger partial charge in [-0.15, -0.1) is 11.6 Å². The molecule has 0 radical (unpaired) electrons. The maximum absolute atomic E-state index is 6.39. The molecule has 1 saturated carbocycles. The molecule has 1 aliphatic carbocycles. The zero-order valence-corrected chi connectivity index (χ0v) is 13.3. The highest BCUT2D eigenvalue weighted by atomic mass is 35.5. The van der Waals surface area contributed by atoms with Crippen molar-refractivity contribution in [1.29, 1.82) is 0 Å². The molecular weight excluding hydrogens is 268 g/mol. The number of hydrogen-bond acceptors (Lipinski definition) is 1. The lowest BCUT2D eigenvalue weighted by Crippen LogP contribution is -2.13. The summed E-state index contributed by atoms with van der Waals surface area (Å²) in [6.07, 6.45) is 5.21. The second-order valence-corrected chi connectivity index (χ2v) is 6.84. The summed E-state index contributed by atoms with van der Waals surface area (Å²) >= 11 is 6.39. The van der Waals surface area contributed by atoms with E-state index in [-0.39, 0.29) is 5.38 Å². The molecule has 0 spiro atoms. The van der Waals surface area contributed by atoms with Crippen LogP contribution < -0.4 is 0 Å². The van der Waals surface area contributed by atoms with Gasteiger partial charge in [-0.1, -0.05) is 25.8 Å². The van der Waals surface area contributed by atoms with Crippen molar-refractivity contribution < 1.29 is 0 Å². The fourth-order valence-electron chi connectivity index (χ4n) is 3.08. The standard InChI is InChI=1S/C17H23ClN2/c1-4-14(10-13-6-7-13)20-16-8-5-11(2)9-15(16)19-17(20)12(3)18/h5,8-9,12-14H,4,6-7,10H2,1-3H3. The number of hydrogen-bond donors (Lipinski definition) is 0. The lowest BCUT2D eigenvalue weighted by atomic mass is 10.1. The van der Waals surface area contributed by atoms with E-state index in [2.05, 4.69) is 36.6 Å². The molecule has 0 N–H and O–H groups in total. The van der Waals surface area contributed by atoms with Crippen molar-refractivity contribution in [3.05, 3.63) is 29.6 Å². The first-order chi connectivity index (χ1) is 9.60. The van der Waals surface area contributed by atoms with Gasteiger partial charge in [0.15, 0.2) is 0 Å². The van der Waals surface area contributed by atoms with E-state index in [1.54, 1.807) is 0 Å². The molecule has 3 rings (SSSR count). The highest BCUT2D eigenvalue weighted by Gasteiger charge is 2.28. The number of alkyl halides is 1. The molecule has 1 aromatic carbocycles. The maximum Gasteiger partial charge on any atom is 0.127 e. The molecule has 1 fully saturated rings. The van der Waals surface area contributed by atoms with Gasteiger partial charge < -0.3 is 4.57 Å². The summed E-state index contributed by atoms with van der Waals surface area (Å²) in [6.45, 7) is 6.41. The Kier molecular flexibility index (Phi) is 3.76. The van der Waals surface area contributed by atoms with Crippen LogP contribution in [0, 0.1) is 12.8 Å². The van der Waals surface area contributed by atoms with Crippen LogP contribution in [0.25, 0.3) is 11.0 Å². The van der Waals surface area contributed by atoms with Crippen molar-refractivity contribution in [3.63, 3.8) is 0 Å². The van der Waals surface area contributed by atoms with Crippen LogP contribution in [0.15, 0.2) is 18.2 Å². The van der Waals surface area contributed by atoms with Crippen LogP contribution in [-0.4, -0.2) is 9.55 Å². The SMILES string of the molecule is CCC(CC1CC1)n1c(C(C)Cl)nc2cc(C)ccc21. The largest absolute Gasteiger partial charge is 0.324 e. The van der Waals surface area contributed by atoms with Crippen LogP contribution in [0.5, 0.6) is 0 Å². The Morgan fingerprint density at radius 1 is 1.40 bits per heavy atom. The number of rotatable bonds is 5. The van der Waals surface area contributed by atoms with Crippen molar-refractivity contribution in [1.82, 2.24) is 9.55 Å². The molecule has 2 atom stereocenters. The summed E-state index contributed by atoms with van der Waals surface area (Å²) in [5.74, 6) is 1.95. The van der Waals surface area contributed by atoms with Gasteiger partial charge in [-0.25, -0.2) is 4.98 Å². The molecule has 3 heteroatoms. The van der Waals surface area contributed by atoms with E-state index in [9.17, 15) is 0 Å². The average Bonchev–Trinajstić information content (AvgIpc) is 3.15. The first-order valence-electron chi connectivity index (χ1n) is 7.72. The predicted octanol–water partition coefficient (Wildman–Crippen LogP) is 5.40. The minimum atomic E-state index is -0.0454. The maximum atomic E-state index is 6.39. The van der Waals surface area contributed by atoms with Gasteiger partial charge >= 0.3 is 0 Å². The Balaban J connectivity index is 2.11. The van der Waals surface area contributed by atoms with E-state index < -0.39 is 0 Å². The van der Waals surface area contributed by atoms with Gasteiger partial charge in [-0.05, 0) is 50.3 Å². The molecule has 0 amide bonds. The van der Waals surface area contributed by atoms with Crippen molar-refractivity contribution in [2.45, 2.75) is 57.9 Å². The Labute approximate surface area is 126 Å². The molecule has 2 nitrogen and oxygen atoms in total. The van der Waals surface area contributed by atoms with Gasteiger partial charge in [-0.2, -0.15) is 0 Å². The van der Waals surface area contributed by atoms with Gasteiger partial charge in [0.2, 0.25) is 0 Å².